The van der Waals surface area contributed by atoms with Gasteiger partial charge < -0.3 is 28.4 Å². The average Bonchev–Trinajstić information content (AvgIpc) is 1.48. The van der Waals surface area contributed by atoms with Crippen molar-refractivity contribution in [2.24, 2.45) is 0 Å². The second kappa shape index (κ2) is 38.4. The molecule has 6 nitrogen and oxygen atoms in total. The van der Waals surface area contributed by atoms with Crippen LogP contribution in [0.4, 0.5) is 0 Å². The molecular formula is C111H132O6. The fourth-order valence-corrected chi connectivity index (χ4v) is 21.4. The van der Waals surface area contributed by atoms with Crippen molar-refractivity contribution in [1.29, 1.82) is 0 Å². The zero-order valence-corrected chi connectivity index (χ0v) is 72.0. The number of ether oxygens (including phenoxy) is 6. The van der Waals surface area contributed by atoms with Crippen LogP contribution < -0.4 is 28.4 Å². The van der Waals surface area contributed by atoms with Gasteiger partial charge in [-0.3, -0.25) is 0 Å². The first-order chi connectivity index (χ1) is 57.9. The van der Waals surface area contributed by atoms with E-state index in [1.165, 1.54) is 326 Å². The summed E-state index contributed by atoms with van der Waals surface area (Å²) in [5.41, 5.74) is 28.6. The Kier molecular flexibility index (Phi) is 26.8. The standard InChI is InChI=1S/C111H132O6/c1-7-13-19-25-31-41-63-112-79-51-57-99-87(69-79)88-70-80(113-64-42-32-26-20-14-8-2)52-58-100(88)109(99)97-49-39-37-47-85(97)93-75-107-95(77-105(93)109)96-78-106-94(76-108(96)111(107)103-61-55-83(116-67-45-35-29-23-17-11-5)73-91(103)92-74-84(56-62-104(92)111)117-68-46-36-30-24-18-12-6)86-48-38-40-50-98(86)110(106)101-59-53-81(114-65-43-33-27-21-15-9-3)71-89(101)90-72-82(54-60-102(90)110)115-66-44-34-28-22-16-10-4/h37-40,47-62,69-78H,7-36,41-46,63-68H2,1-6H3. The minimum atomic E-state index is -0.754. The van der Waals surface area contributed by atoms with Crippen molar-refractivity contribution in [3.8, 4) is 101 Å². The molecule has 0 unspecified atom stereocenters. The largest absolute Gasteiger partial charge is 0.494 e. The lowest BCUT2D eigenvalue weighted by atomic mass is 9.68. The fourth-order valence-electron chi connectivity index (χ4n) is 21.4. The number of fused-ring (bicyclic) bond motifs is 30. The van der Waals surface area contributed by atoms with Crippen molar-refractivity contribution in [3.05, 3.63) is 249 Å². The molecule has 0 saturated heterocycles. The molecule has 0 aromatic heterocycles. The predicted octanol–water partition coefficient (Wildman–Crippen LogP) is 31.2. The van der Waals surface area contributed by atoms with Crippen LogP contribution >= 0.6 is 0 Å². The Morgan fingerprint density at radius 3 is 0.530 bits per heavy atom. The van der Waals surface area contributed by atoms with Crippen LogP contribution in [-0.2, 0) is 16.2 Å². The highest BCUT2D eigenvalue weighted by Gasteiger charge is 2.59. The molecule has 0 bridgehead atoms. The van der Waals surface area contributed by atoms with Crippen LogP contribution in [0.3, 0.4) is 0 Å². The van der Waals surface area contributed by atoms with Crippen LogP contribution in [0.1, 0.15) is 339 Å². The topological polar surface area (TPSA) is 55.4 Å². The molecule has 3 spiro atoms. The van der Waals surface area contributed by atoms with Gasteiger partial charge in [-0.15, -0.1) is 0 Å². The maximum absolute atomic E-state index is 6.94. The van der Waals surface area contributed by atoms with E-state index in [-0.39, 0.29) is 0 Å². The first-order valence-electron chi connectivity index (χ1n) is 47.1. The number of hydrogen-bond acceptors (Lipinski definition) is 6. The van der Waals surface area contributed by atoms with Gasteiger partial charge in [0, 0.05) is 0 Å². The Balaban J connectivity index is 0.902. The van der Waals surface area contributed by atoms with Gasteiger partial charge in [0.25, 0.3) is 0 Å². The van der Waals surface area contributed by atoms with E-state index in [2.05, 4.69) is 224 Å². The summed E-state index contributed by atoms with van der Waals surface area (Å²) < 4.78 is 41.3. The molecule has 612 valence electrons. The number of unbranched alkanes of at least 4 members (excludes halogenated alkanes) is 30. The molecule has 0 saturated carbocycles. The summed E-state index contributed by atoms with van der Waals surface area (Å²) >= 11 is 0. The van der Waals surface area contributed by atoms with Gasteiger partial charge in [0.2, 0.25) is 0 Å². The molecule has 0 heterocycles. The molecule has 0 atom stereocenters. The Bertz CT molecular complexity index is 4600. The fraction of sp³-hybridized carbons (Fsp3) is 0.459. The summed E-state index contributed by atoms with van der Waals surface area (Å²) in [6.07, 6.45) is 43.8. The number of benzene rings is 10. The van der Waals surface area contributed by atoms with Crippen LogP contribution in [-0.4, -0.2) is 39.6 Å². The first kappa shape index (κ1) is 81.7. The first-order valence-corrected chi connectivity index (χ1v) is 47.1. The molecule has 117 heavy (non-hydrogen) atoms. The van der Waals surface area contributed by atoms with Gasteiger partial charge in [0.05, 0.1) is 55.9 Å². The number of hydrogen-bond donors (Lipinski definition) is 0. The van der Waals surface area contributed by atoms with Gasteiger partial charge in [0.1, 0.15) is 34.5 Å². The molecule has 6 aliphatic rings. The van der Waals surface area contributed by atoms with Crippen LogP contribution in [0.15, 0.2) is 182 Å². The van der Waals surface area contributed by atoms with Gasteiger partial charge >= 0.3 is 0 Å². The summed E-state index contributed by atoms with van der Waals surface area (Å²) in [5.74, 6) is 5.56. The second-order valence-electron chi connectivity index (χ2n) is 35.2. The molecule has 10 aromatic rings. The Labute approximate surface area is 702 Å². The van der Waals surface area contributed by atoms with Gasteiger partial charge in [-0.25, -0.2) is 0 Å². The lowest BCUT2D eigenvalue weighted by molar-refractivity contribution is 0.304. The lowest BCUT2D eigenvalue weighted by Crippen LogP contribution is -2.28. The summed E-state index contributed by atoms with van der Waals surface area (Å²) in [7, 11) is 0. The van der Waals surface area contributed by atoms with E-state index in [9.17, 15) is 0 Å². The highest BCUT2D eigenvalue weighted by Crippen LogP contribution is 2.72. The van der Waals surface area contributed by atoms with E-state index in [1.54, 1.807) is 0 Å². The summed E-state index contributed by atoms with van der Waals surface area (Å²) in [4.78, 5) is 0. The van der Waals surface area contributed by atoms with E-state index >= 15 is 0 Å². The average molecular weight is 1560 g/mol. The highest BCUT2D eigenvalue weighted by molar-refractivity contribution is 6.05. The van der Waals surface area contributed by atoms with E-state index in [1.807, 2.05) is 0 Å². The molecule has 0 aliphatic heterocycles. The van der Waals surface area contributed by atoms with E-state index in [0.717, 1.165) is 73.0 Å². The molecule has 0 amide bonds. The van der Waals surface area contributed by atoms with E-state index in [0.29, 0.717) is 39.6 Å². The van der Waals surface area contributed by atoms with Crippen molar-refractivity contribution in [1.82, 2.24) is 0 Å². The number of rotatable bonds is 48. The Hall–Kier alpha value is -9.00. The van der Waals surface area contributed by atoms with Gasteiger partial charge in [0.15, 0.2) is 0 Å². The molecule has 6 aliphatic carbocycles. The predicted molar refractivity (Wildman–Crippen MR) is 489 cm³/mol. The van der Waals surface area contributed by atoms with Crippen molar-refractivity contribution in [2.75, 3.05) is 39.6 Å². The normalized spacial score (nSPS) is 14.0. The summed E-state index contributed by atoms with van der Waals surface area (Å²) in [5, 5.41) is 0. The molecule has 10 aromatic carbocycles. The Morgan fingerprint density at radius 2 is 0.316 bits per heavy atom. The Morgan fingerprint density at radius 1 is 0.154 bits per heavy atom. The van der Waals surface area contributed by atoms with Crippen molar-refractivity contribution in [3.63, 3.8) is 0 Å². The monoisotopic (exact) mass is 1560 g/mol. The summed E-state index contributed by atoms with van der Waals surface area (Å²) in [6.45, 7) is 18.0. The molecule has 0 fully saturated rings. The van der Waals surface area contributed by atoms with Crippen LogP contribution in [0.2, 0.25) is 0 Å². The van der Waals surface area contributed by atoms with E-state index in [4.69, 9.17) is 28.4 Å². The van der Waals surface area contributed by atoms with Gasteiger partial charge in [-0.2, -0.15) is 0 Å². The second-order valence-corrected chi connectivity index (χ2v) is 35.2. The zero-order valence-electron chi connectivity index (χ0n) is 72.0. The third-order valence-corrected chi connectivity index (χ3v) is 27.3. The molecule has 0 radical (unpaired) electrons. The molecular weight excluding hydrogens is 1430 g/mol. The maximum Gasteiger partial charge on any atom is 0.119 e. The molecule has 16 rings (SSSR count). The minimum absolute atomic E-state index is 0.672. The summed E-state index contributed by atoms with van der Waals surface area (Å²) in [6, 6.07) is 72.5. The third kappa shape index (κ3) is 15.8. The van der Waals surface area contributed by atoms with Crippen LogP contribution in [0.25, 0.3) is 66.8 Å². The van der Waals surface area contributed by atoms with Crippen molar-refractivity contribution in [2.45, 2.75) is 289 Å². The lowest BCUT2D eigenvalue weighted by Gasteiger charge is -2.33. The van der Waals surface area contributed by atoms with Crippen molar-refractivity contribution >= 4 is 0 Å². The quantitative estimate of drug-likeness (QED) is 0.0354. The van der Waals surface area contributed by atoms with Crippen LogP contribution in [0.5, 0.6) is 34.5 Å². The van der Waals surface area contributed by atoms with E-state index < -0.39 is 16.2 Å². The maximum atomic E-state index is 6.94. The van der Waals surface area contributed by atoms with Crippen LogP contribution in [0, 0.1) is 0 Å². The highest BCUT2D eigenvalue weighted by atomic mass is 16.5. The van der Waals surface area contributed by atoms with Gasteiger partial charge in [-0.1, -0.05) is 319 Å². The SMILES string of the molecule is CCCCCCCCOc1ccc2c(c1)-c1cc(OCCCCCCCC)ccc1C21c2ccccc2-c2cc3c(cc21)-c1cc2c(cc1C31c3ccc(OCCCCCCCC)cc3-c3cc(OCCCCCCCC)ccc31)-c1ccccc1C21c2ccc(OCCCCCCCC)cc2-c2cc(OCCCCCCCC)ccc21. The van der Waals surface area contributed by atoms with Gasteiger partial charge in [-0.05, 0) is 269 Å². The molecule has 6 heteroatoms. The smallest absolute Gasteiger partial charge is 0.119 e. The van der Waals surface area contributed by atoms with Crippen molar-refractivity contribution < 1.29 is 28.4 Å². The third-order valence-electron chi connectivity index (χ3n) is 27.3. The zero-order chi connectivity index (χ0) is 80.0. The molecule has 0 N–H and O–H groups in total. The minimum Gasteiger partial charge on any atom is -0.494 e.